The molecule has 2 aliphatic rings. The Kier molecular flexibility index (Phi) is 7.73. The van der Waals surface area contributed by atoms with Crippen LogP contribution >= 0.6 is 36.2 Å². The summed E-state index contributed by atoms with van der Waals surface area (Å²) >= 11 is 1.46. The molecule has 0 bridgehead atoms. The van der Waals surface area contributed by atoms with Crippen LogP contribution in [-0.2, 0) is 0 Å². The highest BCUT2D eigenvalue weighted by Crippen LogP contribution is 2.35. The zero-order valence-corrected chi connectivity index (χ0v) is 17.3. The summed E-state index contributed by atoms with van der Waals surface area (Å²) in [6, 6.07) is 5.91. The van der Waals surface area contributed by atoms with Gasteiger partial charge in [0.05, 0.1) is 0 Å². The lowest BCUT2D eigenvalue weighted by atomic mass is 9.95. The van der Waals surface area contributed by atoms with Crippen LogP contribution in [0.25, 0.3) is 10.6 Å². The van der Waals surface area contributed by atoms with Crippen molar-refractivity contribution in [1.82, 2.24) is 15.6 Å². The Bertz CT molecular complexity index is 787. The smallest absolute Gasteiger partial charge is 0.271 e. The molecule has 148 valence electrons. The molecule has 27 heavy (non-hydrogen) atoms. The molecule has 9 heteroatoms. The Labute approximate surface area is 174 Å². The van der Waals surface area contributed by atoms with Gasteiger partial charge in [-0.3, -0.25) is 4.79 Å². The number of halogens is 2. The molecular formula is C18H23Cl2N3O3S. The molecule has 2 atom stereocenters. The van der Waals surface area contributed by atoms with Gasteiger partial charge in [-0.25, -0.2) is 4.98 Å². The van der Waals surface area contributed by atoms with Gasteiger partial charge in [0, 0.05) is 23.5 Å². The molecule has 3 heterocycles. The molecule has 0 spiro atoms. The third kappa shape index (κ3) is 4.85. The summed E-state index contributed by atoms with van der Waals surface area (Å²) in [5.41, 5.74) is 1.40. The van der Waals surface area contributed by atoms with E-state index in [1.54, 1.807) is 0 Å². The van der Waals surface area contributed by atoms with E-state index in [2.05, 4.69) is 22.5 Å². The number of carbonyl (C=O) groups is 1. The minimum atomic E-state index is -0.111. The number of thiazole rings is 1. The maximum Gasteiger partial charge on any atom is 0.271 e. The van der Waals surface area contributed by atoms with E-state index in [1.165, 1.54) is 11.3 Å². The van der Waals surface area contributed by atoms with Crippen LogP contribution in [0.3, 0.4) is 0 Å². The minimum Gasteiger partial charge on any atom is -0.486 e. The first-order chi connectivity index (χ1) is 12.2. The van der Waals surface area contributed by atoms with Crippen molar-refractivity contribution < 1.29 is 14.3 Å². The normalized spacial score (nSPS) is 20.8. The first-order valence-corrected chi connectivity index (χ1v) is 9.46. The predicted octanol–water partition coefficient (Wildman–Crippen LogP) is 3.15. The topological polar surface area (TPSA) is 72.5 Å². The van der Waals surface area contributed by atoms with E-state index in [-0.39, 0.29) is 36.8 Å². The van der Waals surface area contributed by atoms with E-state index >= 15 is 0 Å². The largest absolute Gasteiger partial charge is 0.486 e. The van der Waals surface area contributed by atoms with Gasteiger partial charge < -0.3 is 20.1 Å². The minimum absolute atomic E-state index is 0. The third-order valence-electron chi connectivity index (χ3n) is 4.67. The molecule has 1 saturated heterocycles. The number of nitrogens with one attached hydrogen (secondary N) is 2. The Morgan fingerprint density at radius 2 is 2.04 bits per heavy atom. The van der Waals surface area contributed by atoms with Gasteiger partial charge in [-0.15, -0.1) is 36.2 Å². The van der Waals surface area contributed by atoms with E-state index in [0.717, 1.165) is 41.6 Å². The molecule has 2 aliphatic heterocycles. The van der Waals surface area contributed by atoms with E-state index < -0.39 is 0 Å². The van der Waals surface area contributed by atoms with Crippen LogP contribution in [-0.4, -0.2) is 43.2 Å². The quantitative estimate of drug-likeness (QED) is 0.780. The van der Waals surface area contributed by atoms with Gasteiger partial charge in [0.25, 0.3) is 5.91 Å². The van der Waals surface area contributed by atoms with E-state index in [9.17, 15) is 4.79 Å². The number of hydrogen-bond donors (Lipinski definition) is 2. The lowest BCUT2D eigenvalue weighted by molar-refractivity contribution is 0.0911. The summed E-state index contributed by atoms with van der Waals surface area (Å²) in [4.78, 5) is 17.0. The number of benzene rings is 1. The summed E-state index contributed by atoms with van der Waals surface area (Å²) in [7, 11) is 0. The van der Waals surface area contributed by atoms with Crippen molar-refractivity contribution in [1.29, 1.82) is 0 Å². The third-order valence-corrected chi connectivity index (χ3v) is 5.56. The van der Waals surface area contributed by atoms with Crippen LogP contribution in [0.5, 0.6) is 11.5 Å². The first-order valence-electron chi connectivity index (χ1n) is 8.58. The fraction of sp³-hybridized carbons (Fsp3) is 0.444. The summed E-state index contributed by atoms with van der Waals surface area (Å²) < 4.78 is 11.2. The van der Waals surface area contributed by atoms with Gasteiger partial charge in [0.1, 0.15) is 23.9 Å². The van der Waals surface area contributed by atoms with Gasteiger partial charge in [0.15, 0.2) is 11.5 Å². The van der Waals surface area contributed by atoms with Crippen molar-refractivity contribution in [2.45, 2.75) is 19.4 Å². The molecule has 6 nitrogen and oxygen atoms in total. The van der Waals surface area contributed by atoms with Crippen molar-refractivity contribution in [3.8, 4) is 22.1 Å². The van der Waals surface area contributed by atoms with Crippen LogP contribution in [0.2, 0.25) is 0 Å². The second-order valence-corrected chi connectivity index (χ2v) is 7.30. The monoisotopic (exact) mass is 431 g/mol. The zero-order valence-electron chi connectivity index (χ0n) is 14.9. The van der Waals surface area contributed by atoms with Gasteiger partial charge in [0.2, 0.25) is 0 Å². The highest BCUT2D eigenvalue weighted by Gasteiger charge is 2.24. The number of ether oxygens (including phenoxy) is 2. The molecule has 0 aliphatic carbocycles. The number of nitrogens with zero attached hydrogens (tertiary/aromatic N) is 1. The SMILES string of the molecule is CC1CCNCC1NC(=O)c1csc(-c2ccc3c(c2)OCCO3)n1.Cl.Cl. The van der Waals surface area contributed by atoms with E-state index in [0.29, 0.717) is 24.8 Å². The number of fused-ring (bicyclic) bond motifs is 1. The highest BCUT2D eigenvalue weighted by atomic mass is 35.5. The van der Waals surface area contributed by atoms with Crippen molar-refractivity contribution in [2.24, 2.45) is 5.92 Å². The van der Waals surface area contributed by atoms with Crippen LogP contribution in [0, 0.1) is 5.92 Å². The number of rotatable bonds is 3. The second kappa shape index (κ2) is 9.59. The number of carbonyl (C=O) groups excluding carboxylic acids is 1. The van der Waals surface area contributed by atoms with Gasteiger partial charge >= 0.3 is 0 Å². The Morgan fingerprint density at radius 1 is 1.26 bits per heavy atom. The maximum atomic E-state index is 12.5. The number of amides is 1. The Balaban J connectivity index is 0.00000131. The van der Waals surface area contributed by atoms with Crippen LogP contribution in [0.15, 0.2) is 23.6 Å². The van der Waals surface area contributed by atoms with Gasteiger partial charge in [-0.1, -0.05) is 6.92 Å². The van der Waals surface area contributed by atoms with Crippen molar-refractivity contribution in [3.05, 3.63) is 29.3 Å². The average Bonchev–Trinajstić information content (AvgIpc) is 3.13. The Morgan fingerprint density at radius 3 is 2.81 bits per heavy atom. The summed E-state index contributed by atoms with van der Waals surface area (Å²) in [6.45, 7) is 5.12. The Hall–Kier alpha value is -1.54. The van der Waals surface area contributed by atoms with Crippen molar-refractivity contribution in [3.63, 3.8) is 0 Å². The molecule has 2 aromatic rings. The number of hydrogen-bond acceptors (Lipinski definition) is 6. The molecule has 1 amide bonds. The number of aromatic nitrogens is 1. The molecule has 1 aromatic heterocycles. The van der Waals surface area contributed by atoms with Crippen molar-refractivity contribution >= 4 is 42.1 Å². The van der Waals surface area contributed by atoms with E-state index in [4.69, 9.17) is 9.47 Å². The number of piperidine rings is 1. The molecular weight excluding hydrogens is 409 g/mol. The maximum absolute atomic E-state index is 12.5. The fourth-order valence-electron chi connectivity index (χ4n) is 3.11. The molecule has 0 radical (unpaired) electrons. The zero-order chi connectivity index (χ0) is 17.2. The van der Waals surface area contributed by atoms with Crippen LogP contribution in [0.4, 0.5) is 0 Å². The summed E-state index contributed by atoms with van der Waals surface area (Å²) in [5.74, 6) is 1.84. The highest BCUT2D eigenvalue weighted by molar-refractivity contribution is 7.13. The second-order valence-electron chi connectivity index (χ2n) is 6.45. The standard InChI is InChI=1S/C18H21N3O3S.2ClH/c1-11-4-5-19-9-13(11)20-17(22)14-10-25-18(21-14)12-2-3-15-16(8-12)24-7-6-23-15;;/h2-3,8,10-11,13,19H,4-7,9H2,1H3,(H,20,22);2*1H. The molecule has 2 unspecified atom stereocenters. The predicted molar refractivity (Wildman–Crippen MR) is 111 cm³/mol. The molecule has 1 fully saturated rings. The molecule has 0 saturated carbocycles. The molecule has 4 rings (SSSR count). The summed E-state index contributed by atoms with van der Waals surface area (Å²) in [5, 5.41) is 9.03. The lowest BCUT2D eigenvalue weighted by Gasteiger charge is -2.29. The van der Waals surface area contributed by atoms with Gasteiger partial charge in [-0.2, -0.15) is 0 Å². The van der Waals surface area contributed by atoms with Gasteiger partial charge in [-0.05, 0) is 37.1 Å². The van der Waals surface area contributed by atoms with Crippen LogP contribution in [0.1, 0.15) is 23.8 Å². The van der Waals surface area contributed by atoms with Crippen molar-refractivity contribution in [2.75, 3.05) is 26.3 Å². The molecule has 1 aromatic carbocycles. The lowest BCUT2D eigenvalue weighted by Crippen LogP contribution is -2.50. The van der Waals surface area contributed by atoms with E-state index in [1.807, 2.05) is 23.6 Å². The fourth-order valence-corrected chi connectivity index (χ4v) is 3.91. The first kappa shape index (κ1) is 21.8. The van der Waals surface area contributed by atoms with Crippen LogP contribution < -0.4 is 20.1 Å². The summed E-state index contributed by atoms with van der Waals surface area (Å²) in [6.07, 6.45) is 1.07. The molecule has 2 N–H and O–H groups in total. The average molecular weight is 432 g/mol.